The molecule has 0 saturated carbocycles. The first kappa shape index (κ1) is 14.0. The summed E-state index contributed by atoms with van der Waals surface area (Å²) in [7, 11) is 0. The lowest BCUT2D eigenvalue weighted by atomic mass is 10.0. The first-order valence-corrected chi connectivity index (χ1v) is 6.47. The largest absolute Gasteiger partial charge is 0.390 e. The zero-order valence-electron chi connectivity index (χ0n) is 10.4. The van der Waals surface area contributed by atoms with Gasteiger partial charge in [-0.3, -0.25) is 4.57 Å². The van der Waals surface area contributed by atoms with Crippen molar-refractivity contribution in [3.63, 3.8) is 0 Å². The summed E-state index contributed by atoms with van der Waals surface area (Å²) in [6, 6.07) is 7.23. The van der Waals surface area contributed by atoms with Crippen molar-refractivity contribution >= 4 is 12.2 Å². The molecule has 2 rings (SSSR count). The minimum absolute atomic E-state index is 0.342. The number of nitrogens with zero attached hydrogens (tertiary/aromatic N) is 1. The summed E-state index contributed by atoms with van der Waals surface area (Å²) >= 11 is 5.13. The second-order valence-electron chi connectivity index (χ2n) is 4.32. The first-order chi connectivity index (χ1) is 9.13. The maximum Gasteiger partial charge on any atom is 0.181 e. The number of nitrogens with two attached hydrogens (primary N) is 1. The zero-order valence-corrected chi connectivity index (χ0v) is 11.2. The van der Waals surface area contributed by atoms with E-state index in [0.29, 0.717) is 23.3 Å². The van der Waals surface area contributed by atoms with Gasteiger partial charge in [-0.15, -0.1) is 0 Å². The summed E-state index contributed by atoms with van der Waals surface area (Å²) in [6.07, 6.45) is 2.20. The highest BCUT2D eigenvalue weighted by molar-refractivity contribution is 7.71. The molecule has 0 fully saturated rings. The summed E-state index contributed by atoms with van der Waals surface area (Å²) in [5.41, 5.74) is 6.92. The molecule has 0 spiro atoms. The van der Waals surface area contributed by atoms with Crippen LogP contribution < -0.4 is 5.73 Å². The normalized spacial score (nSPS) is 14.3. The van der Waals surface area contributed by atoms with Gasteiger partial charge in [0.05, 0.1) is 6.10 Å². The highest BCUT2D eigenvalue weighted by Crippen LogP contribution is 2.20. The van der Waals surface area contributed by atoms with Gasteiger partial charge in [-0.1, -0.05) is 12.1 Å². The monoisotopic (exact) mass is 279 g/mol. The fraction of sp³-hybridized carbons (Fsp3) is 0.308. The van der Waals surface area contributed by atoms with E-state index in [1.54, 1.807) is 18.3 Å². The van der Waals surface area contributed by atoms with Gasteiger partial charge in [-0.25, -0.2) is 0 Å². The van der Waals surface area contributed by atoms with Crippen LogP contribution in [0.2, 0.25) is 0 Å². The first-order valence-electron chi connectivity index (χ1n) is 6.06. The van der Waals surface area contributed by atoms with Gasteiger partial charge in [-0.05, 0) is 42.9 Å². The molecule has 0 aliphatic rings. The number of benzene rings is 1. The number of aromatic nitrogens is 2. The SMILES string of the molecule is NCCC(O)C(O)c1ccc(-n2cc[nH]c2=S)cc1. The third-order valence-corrected chi connectivity index (χ3v) is 3.30. The number of H-pyrrole nitrogens is 1. The zero-order chi connectivity index (χ0) is 13.8. The maximum atomic E-state index is 9.96. The molecule has 102 valence electrons. The Bertz CT molecular complexity index is 576. The Morgan fingerprint density at radius 2 is 1.95 bits per heavy atom. The number of aliphatic hydroxyl groups is 2. The van der Waals surface area contributed by atoms with Crippen molar-refractivity contribution in [2.24, 2.45) is 5.73 Å². The quantitative estimate of drug-likeness (QED) is 0.621. The molecule has 0 aliphatic carbocycles. The molecular weight excluding hydrogens is 262 g/mol. The third kappa shape index (κ3) is 3.10. The lowest BCUT2D eigenvalue weighted by molar-refractivity contribution is 0.0150. The van der Waals surface area contributed by atoms with Gasteiger partial charge in [0, 0.05) is 18.1 Å². The molecule has 0 bridgehead atoms. The van der Waals surface area contributed by atoms with Crippen molar-refractivity contribution in [2.75, 3.05) is 6.54 Å². The van der Waals surface area contributed by atoms with E-state index in [9.17, 15) is 10.2 Å². The fourth-order valence-corrected chi connectivity index (χ4v) is 2.14. The van der Waals surface area contributed by atoms with Gasteiger partial charge < -0.3 is 20.9 Å². The lowest BCUT2D eigenvalue weighted by Crippen LogP contribution is -2.21. The van der Waals surface area contributed by atoms with Crippen LogP contribution in [-0.2, 0) is 0 Å². The lowest BCUT2D eigenvalue weighted by Gasteiger charge is -2.17. The van der Waals surface area contributed by atoms with Crippen molar-refractivity contribution in [1.82, 2.24) is 9.55 Å². The minimum Gasteiger partial charge on any atom is -0.390 e. The van der Waals surface area contributed by atoms with E-state index in [1.807, 2.05) is 22.9 Å². The molecule has 2 atom stereocenters. The highest BCUT2D eigenvalue weighted by atomic mass is 32.1. The molecule has 5 N–H and O–H groups in total. The summed E-state index contributed by atoms with van der Waals surface area (Å²) in [5.74, 6) is 0. The molecule has 2 aromatic rings. The highest BCUT2D eigenvalue weighted by Gasteiger charge is 2.17. The molecule has 6 heteroatoms. The topological polar surface area (TPSA) is 87.2 Å². The number of rotatable bonds is 5. The van der Waals surface area contributed by atoms with E-state index in [2.05, 4.69) is 4.98 Å². The van der Waals surface area contributed by atoms with E-state index < -0.39 is 12.2 Å². The van der Waals surface area contributed by atoms with Crippen molar-refractivity contribution in [1.29, 1.82) is 0 Å². The van der Waals surface area contributed by atoms with E-state index in [-0.39, 0.29) is 0 Å². The molecule has 5 nitrogen and oxygen atoms in total. The van der Waals surface area contributed by atoms with Crippen LogP contribution in [0.25, 0.3) is 5.69 Å². The number of imidazole rings is 1. The number of aliphatic hydroxyl groups excluding tert-OH is 2. The van der Waals surface area contributed by atoms with Crippen LogP contribution in [-0.4, -0.2) is 32.4 Å². The molecule has 19 heavy (non-hydrogen) atoms. The Balaban J connectivity index is 2.19. The van der Waals surface area contributed by atoms with Crippen LogP contribution in [0.15, 0.2) is 36.7 Å². The molecule has 1 aromatic heterocycles. The van der Waals surface area contributed by atoms with Crippen LogP contribution in [0, 0.1) is 4.77 Å². The predicted octanol–water partition coefficient (Wildman–Crippen LogP) is 1.28. The van der Waals surface area contributed by atoms with Crippen LogP contribution in [0.1, 0.15) is 18.1 Å². The van der Waals surface area contributed by atoms with Crippen LogP contribution in [0.4, 0.5) is 0 Å². The molecule has 0 radical (unpaired) electrons. The predicted molar refractivity (Wildman–Crippen MR) is 75.6 cm³/mol. The Morgan fingerprint density at radius 1 is 1.26 bits per heavy atom. The number of nitrogens with one attached hydrogen (secondary N) is 1. The average molecular weight is 279 g/mol. The second-order valence-corrected chi connectivity index (χ2v) is 4.70. The smallest absolute Gasteiger partial charge is 0.181 e. The standard InChI is InChI=1S/C13H17N3O2S/c14-6-5-11(17)12(18)9-1-3-10(4-2-9)16-8-7-15-13(16)19/h1-4,7-8,11-12,17-18H,5-6,14H2,(H,15,19). The van der Waals surface area contributed by atoms with Gasteiger partial charge in [0.2, 0.25) is 0 Å². The Hall–Kier alpha value is -1.47. The molecule has 0 saturated heterocycles. The van der Waals surface area contributed by atoms with E-state index in [0.717, 1.165) is 5.69 Å². The molecule has 0 amide bonds. The molecule has 0 aliphatic heterocycles. The fourth-order valence-electron chi connectivity index (χ4n) is 1.91. The van der Waals surface area contributed by atoms with Gasteiger partial charge in [-0.2, -0.15) is 0 Å². The maximum absolute atomic E-state index is 9.96. The summed E-state index contributed by atoms with van der Waals surface area (Å²) < 4.78 is 2.43. The van der Waals surface area contributed by atoms with Gasteiger partial charge in [0.25, 0.3) is 0 Å². The van der Waals surface area contributed by atoms with E-state index in [1.165, 1.54) is 0 Å². The molecule has 1 aromatic carbocycles. The van der Waals surface area contributed by atoms with Crippen LogP contribution in [0.3, 0.4) is 0 Å². The number of hydrogen-bond acceptors (Lipinski definition) is 4. The molecule has 2 unspecified atom stereocenters. The molecular formula is C13H17N3O2S. The minimum atomic E-state index is -0.920. The Morgan fingerprint density at radius 3 is 2.47 bits per heavy atom. The Kier molecular flexibility index (Phi) is 4.49. The van der Waals surface area contributed by atoms with Crippen molar-refractivity contribution < 1.29 is 10.2 Å². The summed E-state index contributed by atoms with van der Waals surface area (Å²) in [6.45, 7) is 0.342. The van der Waals surface area contributed by atoms with E-state index in [4.69, 9.17) is 18.0 Å². The second kappa shape index (κ2) is 6.12. The van der Waals surface area contributed by atoms with Crippen LogP contribution in [0.5, 0.6) is 0 Å². The number of hydrogen-bond donors (Lipinski definition) is 4. The third-order valence-electron chi connectivity index (χ3n) is 2.99. The van der Waals surface area contributed by atoms with Crippen molar-refractivity contribution in [3.8, 4) is 5.69 Å². The van der Waals surface area contributed by atoms with Gasteiger partial charge in [0.1, 0.15) is 6.10 Å². The van der Waals surface area contributed by atoms with Crippen molar-refractivity contribution in [2.45, 2.75) is 18.6 Å². The van der Waals surface area contributed by atoms with Gasteiger partial charge in [0.15, 0.2) is 4.77 Å². The van der Waals surface area contributed by atoms with Crippen LogP contribution >= 0.6 is 12.2 Å². The average Bonchev–Trinajstić information content (AvgIpc) is 2.84. The Labute approximate surface area is 116 Å². The molecule has 1 heterocycles. The van der Waals surface area contributed by atoms with E-state index >= 15 is 0 Å². The van der Waals surface area contributed by atoms with Crippen molar-refractivity contribution in [3.05, 3.63) is 47.0 Å². The van der Waals surface area contributed by atoms with Gasteiger partial charge >= 0.3 is 0 Å². The summed E-state index contributed by atoms with van der Waals surface area (Å²) in [5, 5.41) is 19.7. The summed E-state index contributed by atoms with van der Waals surface area (Å²) in [4.78, 5) is 2.91. The number of aromatic amines is 1.